The molecule has 3 aromatic carbocycles. The van der Waals surface area contributed by atoms with E-state index < -0.39 is 0 Å². The number of methoxy groups -OCH3 is 2. The number of rotatable bonds is 6. The lowest BCUT2D eigenvalue weighted by Crippen LogP contribution is -1.96. The molecule has 0 spiro atoms. The molecule has 0 saturated carbocycles. The second-order valence-electron chi connectivity index (χ2n) is 6.47. The molecule has 0 aliphatic rings. The highest BCUT2D eigenvalue weighted by molar-refractivity contribution is 7.71. The van der Waals surface area contributed by atoms with E-state index >= 15 is 0 Å². The van der Waals surface area contributed by atoms with Crippen molar-refractivity contribution in [3.05, 3.63) is 83.1 Å². The number of aromatic amines is 1. The molecule has 150 valence electrons. The molecule has 0 unspecified atom stereocenters. The number of hydrogen-bond donors (Lipinski definition) is 1. The van der Waals surface area contributed by atoms with Crippen LogP contribution in [0.2, 0.25) is 0 Å². The smallest absolute Gasteiger partial charge is 0.216 e. The lowest BCUT2D eigenvalue weighted by atomic mass is 10.0. The van der Waals surface area contributed by atoms with Crippen molar-refractivity contribution in [1.82, 2.24) is 14.9 Å². The minimum absolute atomic E-state index is 0.400. The first-order valence-electron chi connectivity index (χ1n) is 9.29. The normalized spacial score (nSPS) is 11.0. The van der Waals surface area contributed by atoms with Crippen LogP contribution in [0.15, 0.2) is 77.9 Å². The molecule has 0 radical (unpaired) electrons. The molecule has 4 rings (SSSR count). The van der Waals surface area contributed by atoms with E-state index in [4.69, 9.17) is 21.7 Å². The number of aromatic nitrogens is 3. The van der Waals surface area contributed by atoms with E-state index in [2.05, 4.69) is 39.6 Å². The summed E-state index contributed by atoms with van der Waals surface area (Å²) in [5, 5.41) is 11.7. The van der Waals surface area contributed by atoms with Gasteiger partial charge in [-0.1, -0.05) is 54.6 Å². The summed E-state index contributed by atoms with van der Waals surface area (Å²) in [5.74, 6) is 1.83. The van der Waals surface area contributed by atoms with Crippen LogP contribution in [-0.2, 0) is 0 Å². The second-order valence-corrected chi connectivity index (χ2v) is 6.85. The third-order valence-corrected chi connectivity index (χ3v) is 4.90. The highest BCUT2D eigenvalue weighted by Gasteiger charge is 2.12. The van der Waals surface area contributed by atoms with Gasteiger partial charge in [-0.2, -0.15) is 14.9 Å². The Labute approximate surface area is 179 Å². The first-order chi connectivity index (χ1) is 14.7. The minimum atomic E-state index is 0.400. The van der Waals surface area contributed by atoms with Crippen molar-refractivity contribution in [2.45, 2.75) is 0 Å². The summed E-state index contributed by atoms with van der Waals surface area (Å²) in [7, 11) is 3.19. The molecule has 4 aromatic rings. The van der Waals surface area contributed by atoms with Gasteiger partial charge in [-0.3, -0.25) is 0 Å². The Bertz CT molecular complexity index is 1230. The van der Waals surface area contributed by atoms with E-state index in [-0.39, 0.29) is 0 Å². The lowest BCUT2D eigenvalue weighted by molar-refractivity contribution is 0.355. The predicted molar refractivity (Wildman–Crippen MR) is 121 cm³/mol. The monoisotopic (exact) mass is 416 g/mol. The zero-order valence-corrected chi connectivity index (χ0v) is 17.4. The Hall–Kier alpha value is -3.71. The molecule has 7 heteroatoms. The number of benzene rings is 3. The van der Waals surface area contributed by atoms with Gasteiger partial charge in [0.25, 0.3) is 0 Å². The van der Waals surface area contributed by atoms with E-state index in [0.29, 0.717) is 22.1 Å². The molecule has 0 amide bonds. The molecule has 0 saturated heterocycles. The summed E-state index contributed by atoms with van der Waals surface area (Å²) in [6.07, 6.45) is 1.75. The maximum Gasteiger partial charge on any atom is 0.216 e. The molecule has 1 N–H and O–H groups in total. The Morgan fingerprint density at radius 1 is 0.867 bits per heavy atom. The molecule has 0 atom stereocenters. The van der Waals surface area contributed by atoms with Crippen molar-refractivity contribution in [2.24, 2.45) is 5.10 Å². The van der Waals surface area contributed by atoms with Crippen LogP contribution in [-0.4, -0.2) is 35.3 Å². The van der Waals surface area contributed by atoms with Gasteiger partial charge in [0.05, 0.1) is 20.4 Å². The molecular formula is C23H20N4O2S. The summed E-state index contributed by atoms with van der Waals surface area (Å²) in [6, 6.07) is 24.0. The summed E-state index contributed by atoms with van der Waals surface area (Å²) >= 11 is 5.36. The average molecular weight is 417 g/mol. The van der Waals surface area contributed by atoms with Crippen LogP contribution in [0, 0.1) is 4.77 Å². The van der Waals surface area contributed by atoms with E-state index in [1.807, 2.05) is 48.5 Å². The molecule has 0 fully saturated rings. The Morgan fingerprint density at radius 2 is 1.53 bits per heavy atom. The quantitative estimate of drug-likeness (QED) is 0.348. The molecule has 1 heterocycles. The standard InChI is InChI=1S/C23H20N4O2S/c1-28-20-13-12-19(14-21(20)29-2)22-25-26-23(30)27(22)24-15-16-8-10-18(11-9-16)17-6-4-3-5-7-17/h3-15H,1-2H3,(H,26,30)/b24-15-. The van der Waals surface area contributed by atoms with Crippen molar-refractivity contribution in [3.63, 3.8) is 0 Å². The zero-order chi connectivity index (χ0) is 20.9. The zero-order valence-electron chi connectivity index (χ0n) is 16.6. The Kier molecular flexibility index (Phi) is 5.72. The number of H-pyrrole nitrogens is 1. The first kappa shape index (κ1) is 19.6. The van der Waals surface area contributed by atoms with E-state index in [0.717, 1.165) is 16.7 Å². The van der Waals surface area contributed by atoms with Crippen LogP contribution in [0.25, 0.3) is 22.5 Å². The highest BCUT2D eigenvalue weighted by Crippen LogP contribution is 2.31. The maximum atomic E-state index is 5.39. The molecule has 0 aliphatic carbocycles. The molecule has 1 aromatic heterocycles. The van der Waals surface area contributed by atoms with Crippen molar-refractivity contribution in [2.75, 3.05) is 14.2 Å². The lowest BCUT2D eigenvalue weighted by Gasteiger charge is -2.09. The fourth-order valence-electron chi connectivity index (χ4n) is 3.08. The summed E-state index contributed by atoms with van der Waals surface area (Å²) < 4.78 is 12.7. The van der Waals surface area contributed by atoms with Crippen molar-refractivity contribution in [3.8, 4) is 34.0 Å². The van der Waals surface area contributed by atoms with Crippen molar-refractivity contribution >= 4 is 18.4 Å². The van der Waals surface area contributed by atoms with E-state index in [1.165, 1.54) is 5.56 Å². The summed E-state index contributed by atoms with van der Waals surface area (Å²) in [5.41, 5.74) is 4.08. The minimum Gasteiger partial charge on any atom is -0.493 e. The van der Waals surface area contributed by atoms with E-state index in [9.17, 15) is 0 Å². The summed E-state index contributed by atoms with van der Waals surface area (Å²) in [6.45, 7) is 0. The maximum absolute atomic E-state index is 5.39. The topological polar surface area (TPSA) is 64.4 Å². The average Bonchev–Trinajstić information content (AvgIpc) is 3.18. The molecule has 30 heavy (non-hydrogen) atoms. The van der Waals surface area contributed by atoms with Crippen molar-refractivity contribution < 1.29 is 9.47 Å². The molecule has 0 bridgehead atoms. The van der Waals surface area contributed by atoms with Crippen LogP contribution in [0.3, 0.4) is 0 Å². The number of hydrogen-bond acceptors (Lipinski definition) is 5. The van der Waals surface area contributed by atoms with Gasteiger partial charge in [0.15, 0.2) is 17.3 Å². The molecule has 6 nitrogen and oxygen atoms in total. The number of nitrogens with one attached hydrogen (secondary N) is 1. The van der Waals surface area contributed by atoms with Gasteiger partial charge < -0.3 is 9.47 Å². The van der Waals surface area contributed by atoms with Crippen LogP contribution in [0.5, 0.6) is 11.5 Å². The largest absolute Gasteiger partial charge is 0.493 e. The van der Waals surface area contributed by atoms with Crippen molar-refractivity contribution in [1.29, 1.82) is 0 Å². The second kappa shape index (κ2) is 8.75. The van der Waals surface area contributed by atoms with Gasteiger partial charge in [-0.25, -0.2) is 5.10 Å². The third kappa shape index (κ3) is 4.01. The van der Waals surface area contributed by atoms with Gasteiger partial charge in [0.1, 0.15) is 0 Å². The van der Waals surface area contributed by atoms with Crippen LogP contribution >= 0.6 is 12.2 Å². The summed E-state index contributed by atoms with van der Waals surface area (Å²) in [4.78, 5) is 0. The van der Waals surface area contributed by atoms with Gasteiger partial charge in [0.2, 0.25) is 4.77 Å². The fourth-order valence-corrected chi connectivity index (χ4v) is 3.26. The predicted octanol–water partition coefficient (Wildman–Crippen LogP) is 5.17. The number of ether oxygens (including phenoxy) is 2. The highest BCUT2D eigenvalue weighted by atomic mass is 32.1. The Balaban J connectivity index is 1.62. The van der Waals surface area contributed by atoms with Crippen LogP contribution in [0.1, 0.15) is 5.56 Å². The van der Waals surface area contributed by atoms with Gasteiger partial charge in [-0.15, -0.1) is 0 Å². The number of nitrogens with zero attached hydrogens (tertiary/aromatic N) is 3. The molecular weight excluding hydrogens is 396 g/mol. The van der Waals surface area contributed by atoms with Crippen LogP contribution in [0.4, 0.5) is 0 Å². The Morgan fingerprint density at radius 3 is 2.23 bits per heavy atom. The first-order valence-corrected chi connectivity index (χ1v) is 9.70. The van der Waals surface area contributed by atoms with Gasteiger partial charge in [-0.05, 0) is 47.1 Å². The van der Waals surface area contributed by atoms with E-state index in [1.54, 1.807) is 25.1 Å². The molecule has 0 aliphatic heterocycles. The third-order valence-electron chi connectivity index (χ3n) is 4.63. The van der Waals surface area contributed by atoms with Gasteiger partial charge in [0, 0.05) is 5.56 Å². The van der Waals surface area contributed by atoms with Crippen LogP contribution < -0.4 is 9.47 Å². The fraction of sp³-hybridized carbons (Fsp3) is 0.0870. The van der Waals surface area contributed by atoms with Gasteiger partial charge >= 0.3 is 0 Å². The SMILES string of the molecule is COc1ccc(-c2n[nH]c(=S)n2/N=C\c2ccc(-c3ccccc3)cc2)cc1OC.